The van der Waals surface area contributed by atoms with Crippen molar-refractivity contribution < 1.29 is 22.3 Å². The zero-order chi connectivity index (χ0) is 10.1. The van der Waals surface area contributed by atoms with Crippen molar-refractivity contribution in [3.63, 3.8) is 0 Å². The molecule has 0 unspecified atom stereocenters. The van der Waals surface area contributed by atoms with E-state index in [4.69, 9.17) is 0 Å². The number of aromatic nitrogens is 1. The third-order valence-corrected chi connectivity index (χ3v) is 1.06. The van der Waals surface area contributed by atoms with Crippen molar-refractivity contribution in [1.29, 1.82) is 0 Å². The number of aromatic amines is 1. The molecule has 1 rings (SSSR count). The summed E-state index contributed by atoms with van der Waals surface area (Å²) in [5.74, 6) is -2.13. The van der Waals surface area contributed by atoms with Crippen molar-refractivity contribution in [3.8, 4) is 5.75 Å². The van der Waals surface area contributed by atoms with Gasteiger partial charge in [-0.25, -0.2) is 4.39 Å². The van der Waals surface area contributed by atoms with E-state index in [0.717, 1.165) is 0 Å². The molecule has 0 fully saturated rings. The molecule has 13 heavy (non-hydrogen) atoms. The Morgan fingerprint density at radius 3 is 2.46 bits per heavy atom. The Labute approximate surface area is 69.0 Å². The van der Waals surface area contributed by atoms with Gasteiger partial charge in [-0.3, -0.25) is 4.79 Å². The molecule has 0 radical (unpaired) electrons. The minimum absolute atomic E-state index is 0.353. The van der Waals surface area contributed by atoms with Crippen LogP contribution < -0.4 is 10.3 Å². The smallest absolute Gasteiger partial charge is 0.404 e. The molecule has 0 amide bonds. The van der Waals surface area contributed by atoms with Crippen LogP contribution in [0.3, 0.4) is 0 Å². The Kier molecular flexibility index (Phi) is 2.26. The van der Waals surface area contributed by atoms with Crippen molar-refractivity contribution in [2.45, 2.75) is 6.36 Å². The fraction of sp³-hybridized carbons (Fsp3) is 0.167. The summed E-state index contributed by atoms with van der Waals surface area (Å²) in [4.78, 5) is 12.1. The summed E-state index contributed by atoms with van der Waals surface area (Å²) < 4.78 is 50.3. The van der Waals surface area contributed by atoms with Crippen LogP contribution in [0.2, 0.25) is 0 Å². The number of halogens is 4. The summed E-state index contributed by atoms with van der Waals surface area (Å²) in [6.07, 6.45) is -4.27. The van der Waals surface area contributed by atoms with E-state index >= 15 is 0 Å². The number of alkyl halides is 3. The third kappa shape index (κ3) is 2.77. The average Bonchev–Trinajstić information content (AvgIpc) is 1.94. The van der Waals surface area contributed by atoms with E-state index in [2.05, 4.69) is 4.74 Å². The molecule has 1 heterocycles. The molecule has 0 atom stereocenters. The minimum Gasteiger partial charge on any atom is -0.404 e. The number of pyridine rings is 1. The van der Waals surface area contributed by atoms with E-state index in [1.54, 1.807) is 4.98 Å². The Hall–Kier alpha value is -1.53. The molecule has 7 heteroatoms. The van der Waals surface area contributed by atoms with Gasteiger partial charge in [0.1, 0.15) is 5.75 Å². The van der Waals surface area contributed by atoms with Crippen molar-refractivity contribution in [2.75, 3.05) is 0 Å². The second-order valence-corrected chi connectivity index (χ2v) is 2.06. The summed E-state index contributed by atoms with van der Waals surface area (Å²) in [5, 5.41) is 0. The zero-order valence-electron chi connectivity index (χ0n) is 5.98. The fourth-order valence-electron chi connectivity index (χ4n) is 0.630. The van der Waals surface area contributed by atoms with E-state index < -0.39 is 23.5 Å². The second-order valence-electron chi connectivity index (χ2n) is 2.06. The van der Waals surface area contributed by atoms with Gasteiger partial charge in [0.2, 0.25) is 0 Å². The lowest BCUT2D eigenvalue weighted by Crippen LogP contribution is -2.19. The molecule has 1 aromatic heterocycles. The molecule has 0 spiro atoms. The average molecular weight is 197 g/mol. The van der Waals surface area contributed by atoms with Gasteiger partial charge in [0.05, 0.1) is 0 Å². The molecular formula is C6H3F4NO2. The van der Waals surface area contributed by atoms with Gasteiger partial charge in [-0.1, -0.05) is 0 Å². The molecule has 0 aliphatic heterocycles. The van der Waals surface area contributed by atoms with Crippen molar-refractivity contribution in [3.05, 3.63) is 28.4 Å². The fourth-order valence-corrected chi connectivity index (χ4v) is 0.630. The van der Waals surface area contributed by atoms with Gasteiger partial charge in [-0.05, 0) is 0 Å². The lowest BCUT2D eigenvalue weighted by atomic mass is 10.4. The molecule has 3 nitrogen and oxygen atoms in total. The van der Waals surface area contributed by atoms with Crippen LogP contribution in [-0.4, -0.2) is 11.3 Å². The maximum atomic E-state index is 12.4. The van der Waals surface area contributed by atoms with Gasteiger partial charge in [-0.15, -0.1) is 13.2 Å². The molecule has 0 aliphatic carbocycles. The standard InChI is InChI=1S/C6H3F4NO2/c7-4-1-3(2-11-5(4)12)13-6(8,9)10/h1-2H,(H,11,12). The predicted octanol–water partition coefficient (Wildman–Crippen LogP) is 1.41. The summed E-state index contributed by atoms with van der Waals surface area (Å²) in [6.45, 7) is 0. The van der Waals surface area contributed by atoms with E-state index in [1.165, 1.54) is 0 Å². The first kappa shape index (κ1) is 9.56. The first-order valence-corrected chi connectivity index (χ1v) is 3.02. The normalized spacial score (nSPS) is 11.4. The highest BCUT2D eigenvalue weighted by atomic mass is 19.4. The molecule has 72 valence electrons. The van der Waals surface area contributed by atoms with E-state index in [1.807, 2.05) is 0 Å². The van der Waals surface area contributed by atoms with Crippen LogP contribution in [0.1, 0.15) is 0 Å². The predicted molar refractivity (Wildman–Crippen MR) is 33.7 cm³/mol. The molecule has 0 aliphatic rings. The monoisotopic (exact) mass is 197 g/mol. The van der Waals surface area contributed by atoms with Crippen molar-refractivity contribution in [1.82, 2.24) is 4.98 Å². The third-order valence-electron chi connectivity index (χ3n) is 1.06. The van der Waals surface area contributed by atoms with E-state index in [9.17, 15) is 22.4 Å². The highest BCUT2D eigenvalue weighted by Crippen LogP contribution is 2.21. The van der Waals surface area contributed by atoms with Crippen LogP contribution in [-0.2, 0) is 0 Å². The van der Waals surface area contributed by atoms with Crippen molar-refractivity contribution in [2.24, 2.45) is 0 Å². The van der Waals surface area contributed by atoms with Gasteiger partial charge in [-0.2, -0.15) is 0 Å². The van der Waals surface area contributed by atoms with Gasteiger partial charge in [0.15, 0.2) is 5.82 Å². The molecule has 0 saturated heterocycles. The number of hydrogen-bond acceptors (Lipinski definition) is 2. The van der Waals surface area contributed by atoms with E-state index in [-0.39, 0.29) is 0 Å². The van der Waals surface area contributed by atoms with Crippen LogP contribution in [0.4, 0.5) is 17.6 Å². The van der Waals surface area contributed by atoms with Crippen LogP contribution >= 0.6 is 0 Å². The second kappa shape index (κ2) is 3.08. The van der Waals surface area contributed by atoms with Gasteiger partial charge < -0.3 is 9.72 Å². The quantitative estimate of drug-likeness (QED) is 0.691. The number of hydrogen-bond donors (Lipinski definition) is 1. The van der Waals surface area contributed by atoms with E-state index in [0.29, 0.717) is 12.3 Å². The summed E-state index contributed by atoms with van der Waals surface area (Å²) in [6, 6.07) is 0.353. The Morgan fingerprint density at radius 2 is 2.00 bits per heavy atom. The number of nitrogens with one attached hydrogen (secondary N) is 1. The molecule has 0 saturated carbocycles. The first-order chi connectivity index (χ1) is 5.88. The topological polar surface area (TPSA) is 42.1 Å². The zero-order valence-corrected chi connectivity index (χ0v) is 5.98. The maximum Gasteiger partial charge on any atom is 0.573 e. The van der Waals surface area contributed by atoms with Gasteiger partial charge in [0.25, 0.3) is 5.56 Å². The van der Waals surface area contributed by atoms with Crippen LogP contribution in [0.25, 0.3) is 0 Å². The highest BCUT2D eigenvalue weighted by Gasteiger charge is 2.31. The van der Waals surface area contributed by atoms with Gasteiger partial charge >= 0.3 is 6.36 Å². The Morgan fingerprint density at radius 1 is 1.38 bits per heavy atom. The first-order valence-electron chi connectivity index (χ1n) is 3.02. The highest BCUT2D eigenvalue weighted by molar-refractivity contribution is 5.17. The Balaban J connectivity index is 2.92. The maximum absolute atomic E-state index is 12.4. The number of rotatable bonds is 1. The van der Waals surface area contributed by atoms with Gasteiger partial charge in [0, 0.05) is 12.3 Å². The SMILES string of the molecule is O=c1[nH]cc(OC(F)(F)F)cc1F. The summed E-state index contributed by atoms with van der Waals surface area (Å²) in [5.41, 5.74) is -1.10. The van der Waals surface area contributed by atoms with Crippen LogP contribution in [0.15, 0.2) is 17.1 Å². The largest absolute Gasteiger partial charge is 0.573 e. The molecular weight excluding hydrogens is 194 g/mol. The summed E-state index contributed by atoms with van der Waals surface area (Å²) >= 11 is 0. The minimum atomic E-state index is -4.90. The lowest BCUT2D eigenvalue weighted by molar-refractivity contribution is -0.274. The number of ether oxygens (including phenoxy) is 1. The molecule has 0 aromatic carbocycles. The van der Waals surface area contributed by atoms with Crippen LogP contribution in [0, 0.1) is 5.82 Å². The molecule has 1 aromatic rings. The van der Waals surface area contributed by atoms with Crippen molar-refractivity contribution >= 4 is 0 Å². The summed E-state index contributed by atoms with van der Waals surface area (Å²) in [7, 11) is 0. The number of H-pyrrole nitrogens is 1. The molecule has 1 N–H and O–H groups in total. The Bertz CT molecular complexity index is 356. The van der Waals surface area contributed by atoms with Crippen LogP contribution in [0.5, 0.6) is 5.75 Å². The lowest BCUT2D eigenvalue weighted by Gasteiger charge is -2.07. The molecule has 0 bridgehead atoms.